The maximum atomic E-state index is 12.6. The Balaban J connectivity index is 2.43. The molecular formula is C18H15Cl2N3O4S. The van der Waals surface area contributed by atoms with Gasteiger partial charge in [-0.1, -0.05) is 23.2 Å². The summed E-state index contributed by atoms with van der Waals surface area (Å²) in [6.07, 6.45) is 0. The molecule has 0 bridgehead atoms. The van der Waals surface area contributed by atoms with Crippen molar-refractivity contribution in [1.82, 2.24) is 14.5 Å². The predicted molar refractivity (Wildman–Crippen MR) is 110 cm³/mol. The van der Waals surface area contributed by atoms with Gasteiger partial charge in [0.1, 0.15) is 5.65 Å². The number of carbonyl (C=O) groups excluding carboxylic acids is 1. The van der Waals surface area contributed by atoms with Crippen molar-refractivity contribution in [2.24, 2.45) is 0 Å². The summed E-state index contributed by atoms with van der Waals surface area (Å²) in [5.41, 5.74) is 0.671. The van der Waals surface area contributed by atoms with Gasteiger partial charge in [0.2, 0.25) is 0 Å². The Hall–Kier alpha value is -2.26. The molecule has 0 amide bonds. The Labute approximate surface area is 174 Å². The van der Waals surface area contributed by atoms with E-state index in [2.05, 4.69) is 9.97 Å². The molecule has 2 heterocycles. The van der Waals surface area contributed by atoms with Gasteiger partial charge in [-0.2, -0.15) is 0 Å². The molecule has 3 aromatic rings. The molecule has 0 atom stereocenters. The molecule has 28 heavy (non-hydrogen) atoms. The van der Waals surface area contributed by atoms with Crippen molar-refractivity contribution in [2.75, 3.05) is 20.8 Å². The maximum absolute atomic E-state index is 12.6. The van der Waals surface area contributed by atoms with Crippen LogP contribution in [0.15, 0.2) is 29.1 Å². The van der Waals surface area contributed by atoms with Crippen LogP contribution >= 0.6 is 35.4 Å². The minimum Gasteiger partial charge on any atom is -0.465 e. The van der Waals surface area contributed by atoms with Crippen molar-refractivity contribution in [3.05, 3.63) is 55.0 Å². The lowest BCUT2D eigenvalue weighted by atomic mass is 10.1. The molecule has 2 aromatic heterocycles. The van der Waals surface area contributed by atoms with Crippen molar-refractivity contribution >= 4 is 52.4 Å². The number of carbonyl (C=O) groups is 1. The summed E-state index contributed by atoms with van der Waals surface area (Å²) in [6.45, 7) is 0.657. The van der Waals surface area contributed by atoms with E-state index in [9.17, 15) is 9.59 Å². The smallest absolute Gasteiger partial charge is 0.338 e. The monoisotopic (exact) mass is 439 g/mol. The Morgan fingerprint density at radius 1 is 1.29 bits per heavy atom. The molecule has 0 saturated carbocycles. The highest BCUT2D eigenvalue weighted by atomic mass is 35.5. The Morgan fingerprint density at radius 3 is 2.68 bits per heavy atom. The van der Waals surface area contributed by atoms with Crippen LogP contribution < -0.4 is 5.56 Å². The van der Waals surface area contributed by atoms with Gasteiger partial charge in [0.25, 0.3) is 5.56 Å². The van der Waals surface area contributed by atoms with Crippen LogP contribution in [0.3, 0.4) is 0 Å². The van der Waals surface area contributed by atoms with E-state index in [1.165, 1.54) is 13.2 Å². The molecule has 0 unspecified atom stereocenters. The molecule has 0 aliphatic carbocycles. The molecule has 0 aliphatic heterocycles. The van der Waals surface area contributed by atoms with E-state index in [4.69, 9.17) is 44.9 Å². The molecule has 10 heteroatoms. The molecule has 146 valence electrons. The maximum Gasteiger partial charge on any atom is 0.338 e. The molecule has 0 spiro atoms. The largest absolute Gasteiger partial charge is 0.465 e. The highest BCUT2D eigenvalue weighted by molar-refractivity contribution is 7.71. The van der Waals surface area contributed by atoms with Gasteiger partial charge in [0.15, 0.2) is 4.77 Å². The first-order chi connectivity index (χ1) is 13.4. The van der Waals surface area contributed by atoms with E-state index in [0.717, 1.165) is 0 Å². The SMILES string of the molecule is COCCn1c(=S)[nH]c(=O)c2c(C(=O)OC)cc(-c3ccc(Cl)cc3Cl)nc21. The van der Waals surface area contributed by atoms with Crippen LogP contribution in [0.1, 0.15) is 10.4 Å². The topological polar surface area (TPSA) is 86.2 Å². The third-order valence-electron chi connectivity index (χ3n) is 4.08. The first-order valence-corrected chi connectivity index (χ1v) is 9.24. The number of pyridine rings is 1. The number of H-pyrrole nitrogens is 1. The molecule has 0 radical (unpaired) electrons. The van der Waals surface area contributed by atoms with Crippen LogP contribution in [0.2, 0.25) is 10.0 Å². The zero-order valence-corrected chi connectivity index (χ0v) is 17.2. The van der Waals surface area contributed by atoms with E-state index < -0.39 is 11.5 Å². The second-order valence-corrected chi connectivity index (χ2v) is 7.00. The number of fused-ring (bicyclic) bond motifs is 1. The van der Waals surface area contributed by atoms with Crippen molar-refractivity contribution in [3.63, 3.8) is 0 Å². The number of hydrogen-bond acceptors (Lipinski definition) is 6. The molecule has 1 aromatic carbocycles. The number of nitrogens with one attached hydrogen (secondary N) is 1. The van der Waals surface area contributed by atoms with Crippen LogP contribution in [0, 0.1) is 4.77 Å². The number of halogens is 2. The highest BCUT2D eigenvalue weighted by Crippen LogP contribution is 2.31. The molecule has 7 nitrogen and oxygen atoms in total. The summed E-state index contributed by atoms with van der Waals surface area (Å²) >= 11 is 17.6. The van der Waals surface area contributed by atoms with Crippen LogP contribution in [-0.2, 0) is 16.0 Å². The van der Waals surface area contributed by atoms with Crippen molar-refractivity contribution in [3.8, 4) is 11.3 Å². The van der Waals surface area contributed by atoms with Gasteiger partial charge in [-0.05, 0) is 36.5 Å². The van der Waals surface area contributed by atoms with E-state index >= 15 is 0 Å². The van der Waals surface area contributed by atoms with Gasteiger partial charge in [-0.3, -0.25) is 9.78 Å². The molecule has 0 aliphatic rings. The minimum atomic E-state index is -0.681. The normalized spacial score (nSPS) is 11.0. The average Bonchev–Trinajstić information content (AvgIpc) is 2.66. The van der Waals surface area contributed by atoms with E-state index in [1.807, 2.05) is 0 Å². The molecule has 1 N–H and O–H groups in total. The van der Waals surface area contributed by atoms with Gasteiger partial charge in [-0.15, -0.1) is 0 Å². The quantitative estimate of drug-likeness (QED) is 0.479. The van der Waals surface area contributed by atoms with Crippen LogP contribution in [0.5, 0.6) is 0 Å². The minimum absolute atomic E-state index is 0.0518. The number of benzene rings is 1. The Kier molecular flexibility index (Phi) is 6.14. The number of aromatic nitrogens is 3. The lowest BCUT2D eigenvalue weighted by Gasteiger charge is -2.14. The number of methoxy groups -OCH3 is 2. The fourth-order valence-corrected chi connectivity index (χ4v) is 3.55. The van der Waals surface area contributed by atoms with Crippen LogP contribution in [0.25, 0.3) is 22.3 Å². The second kappa shape index (κ2) is 8.40. The lowest BCUT2D eigenvalue weighted by molar-refractivity contribution is 0.0603. The van der Waals surface area contributed by atoms with E-state index in [0.29, 0.717) is 34.5 Å². The summed E-state index contributed by atoms with van der Waals surface area (Å²) in [6, 6.07) is 6.36. The number of nitrogens with zero attached hydrogens (tertiary/aromatic N) is 2. The van der Waals surface area contributed by atoms with Gasteiger partial charge >= 0.3 is 5.97 Å². The lowest BCUT2D eigenvalue weighted by Crippen LogP contribution is -2.20. The van der Waals surface area contributed by atoms with Gasteiger partial charge < -0.3 is 14.0 Å². The van der Waals surface area contributed by atoms with Crippen LogP contribution in [0.4, 0.5) is 0 Å². The number of rotatable bonds is 5. The summed E-state index contributed by atoms with van der Waals surface area (Å²) in [4.78, 5) is 32.1. The third-order valence-corrected chi connectivity index (χ3v) is 4.95. The Morgan fingerprint density at radius 2 is 2.04 bits per heavy atom. The zero-order valence-electron chi connectivity index (χ0n) is 14.9. The zero-order chi connectivity index (χ0) is 20.4. The summed E-state index contributed by atoms with van der Waals surface area (Å²) in [5, 5.41) is 0.884. The fourth-order valence-electron chi connectivity index (χ4n) is 2.77. The first-order valence-electron chi connectivity index (χ1n) is 8.08. The number of esters is 1. The molecular weight excluding hydrogens is 425 g/mol. The second-order valence-electron chi connectivity index (χ2n) is 5.77. The van der Waals surface area contributed by atoms with Crippen molar-refractivity contribution < 1.29 is 14.3 Å². The summed E-state index contributed by atoms with van der Waals surface area (Å²) in [7, 11) is 2.78. The Bertz CT molecular complexity index is 1190. The summed E-state index contributed by atoms with van der Waals surface area (Å²) in [5.74, 6) is -0.681. The molecule has 3 rings (SSSR count). The third kappa shape index (κ3) is 3.81. The standard InChI is InChI=1S/C18H15Cl2N3O4S/c1-26-6-5-23-15-14(16(24)22-18(23)28)11(17(25)27-2)8-13(21-15)10-4-3-9(19)7-12(10)20/h3-4,7-8H,5-6H2,1-2H3,(H,22,24,28). The van der Waals surface area contributed by atoms with Crippen molar-refractivity contribution in [2.45, 2.75) is 6.54 Å². The van der Waals surface area contributed by atoms with E-state index in [1.54, 1.807) is 29.9 Å². The van der Waals surface area contributed by atoms with Gasteiger partial charge in [0.05, 0.1) is 41.9 Å². The number of ether oxygens (including phenoxy) is 2. The fraction of sp³-hybridized carbons (Fsp3) is 0.222. The van der Waals surface area contributed by atoms with Crippen LogP contribution in [-0.4, -0.2) is 41.3 Å². The highest BCUT2D eigenvalue weighted by Gasteiger charge is 2.20. The number of aromatic amines is 1. The van der Waals surface area contributed by atoms with E-state index in [-0.39, 0.29) is 21.4 Å². The van der Waals surface area contributed by atoms with Gasteiger partial charge in [-0.25, -0.2) is 9.78 Å². The van der Waals surface area contributed by atoms with Crippen molar-refractivity contribution in [1.29, 1.82) is 0 Å². The summed E-state index contributed by atoms with van der Waals surface area (Å²) < 4.78 is 11.7. The first kappa shape index (κ1) is 20.5. The predicted octanol–water partition coefficient (Wildman–Crippen LogP) is 3.86. The molecule has 0 fully saturated rings. The van der Waals surface area contributed by atoms with Gasteiger partial charge in [0, 0.05) is 17.7 Å². The number of hydrogen-bond donors (Lipinski definition) is 1. The molecule has 0 saturated heterocycles. The average molecular weight is 440 g/mol.